The van der Waals surface area contributed by atoms with Gasteiger partial charge in [0.15, 0.2) is 5.78 Å². The fourth-order valence-electron chi connectivity index (χ4n) is 5.21. The van der Waals surface area contributed by atoms with Crippen molar-refractivity contribution in [3.05, 3.63) is 60.2 Å². The van der Waals surface area contributed by atoms with Crippen molar-refractivity contribution < 1.29 is 9.46 Å². The molecule has 0 aromatic heterocycles. The van der Waals surface area contributed by atoms with Crippen molar-refractivity contribution in [1.82, 2.24) is 4.67 Å². The molecule has 4 nitrogen and oxygen atoms in total. The van der Waals surface area contributed by atoms with E-state index >= 15 is 4.57 Å². The van der Waals surface area contributed by atoms with Crippen LogP contribution in [0.15, 0.2) is 54.6 Å². The third kappa shape index (κ3) is 4.37. The molecule has 2 fully saturated rings. The fourth-order valence-corrected chi connectivity index (χ4v) is 8.97. The van der Waals surface area contributed by atoms with Gasteiger partial charge in [0.25, 0.3) is 0 Å². The van der Waals surface area contributed by atoms with E-state index in [1.54, 1.807) is 0 Å². The maximum Gasteiger partial charge on any atom is 0.238 e. The minimum atomic E-state index is -2.80. The predicted octanol–water partition coefficient (Wildman–Crippen LogP) is 3.91. The number of nitrogens with one attached hydrogen (secondary N) is 1. The summed E-state index contributed by atoms with van der Waals surface area (Å²) in [5.74, 6) is 0.00881. The third-order valence-corrected chi connectivity index (χ3v) is 10.5. The zero-order valence-corrected chi connectivity index (χ0v) is 19.5. The predicted molar refractivity (Wildman–Crippen MR) is 127 cm³/mol. The largest absolute Gasteiger partial charge is 0.378 e. The molecule has 5 heteroatoms. The van der Waals surface area contributed by atoms with Crippen molar-refractivity contribution in [3.8, 4) is 0 Å². The minimum Gasteiger partial charge on any atom is -0.378 e. The number of hydrogen-bond acceptors (Lipinski definition) is 2. The lowest BCUT2D eigenvalue weighted by Gasteiger charge is -2.42. The van der Waals surface area contributed by atoms with Gasteiger partial charge < -0.3 is 9.80 Å². The Morgan fingerprint density at radius 3 is 2.03 bits per heavy atom. The van der Waals surface area contributed by atoms with Crippen LogP contribution < -0.4 is 15.1 Å². The van der Waals surface area contributed by atoms with E-state index in [-0.39, 0.29) is 5.78 Å². The molecule has 0 saturated carbocycles. The van der Waals surface area contributed by atoms with Crippen LogP contribution >= 0.6 is 7.29 Å². The van der Waals surface area contributed by atoms with Gasteiger partial charge in [-0.05, 0) is 56.4 Å². The van der Waals surface area contributed by atoms with Crippen LogP contribution in [-0.2, 0) is 4.57 Å². The van der Waals surface area contributed by atoms with Crippen LogP contribution in [0.2, 0.25) is 0 Å². The van der Waals surface area contributed by atoms with Gasteiger partial charge in [0.05, 0.1) is 13.1 Å². The van der Waals surface area contributed by atoms with Gasteiger partial charge in [0.2, 0.25) is 7.29 Å². The third-order valence-electron chi connectivity index (χ3n) is 6.84. The summed E-state index contributed by atoms with van der Waals surface area (Å²) in [5, 5.41) is 1.03. The maximum atomic E-state index is 15.3. The van der Waals surface area contributed by atoms with Crippen LogP contribution in [0.1, 0.15) is 49.9 Å². The molecule has 2 heterocycles. The first kappa shape index (κ1) is 21.6. The summed E-state index contributed by atoms with van der Waals surface area (Å²) >= 11 is 0. The molecule has 0 radical (unpaired) electrons. The molecular formula is C25H37N3OP+. The van der Waals surface area contributed by atoms with Gasteiger partial charge in [-0.15, -0.1) is 0 Å². The Bertz CT molecular complexity index is 840. The number of likely N-dealkylation sites (tertiary alicyclic amines) is 1. The molecule has 2 aliphatic heterocycles. The highest BCUT2D eigenvalue weighted by atomic mass is 31.2. The molecule has 30 heavy (non-hydrogen) atoms. The summed E-state index contributed by atoms with van der Waals surface area (Å²) in [4.78, 5) is 3.64. The van der Waals surface area contributed by atoms with Crippen molar-refractivity contribution in [2.75, 3.05) is 45.2 Å². The molecule has 2 saturated heterocycles. The van der Waals surface area contributed by atoms with Crippen LogP contribution in [0.3, 0.4) is 0 Å². The molecule has 0 spiro atoms. The van der Waals surface area contributed by atoms with Crippen LogP contribution in [0.5, 0.6) is 0 Å². The first-order chi connectivity index (χ1) is 14.6. The molecule has 0 unspecified atom stereocenters. The summed E-state index contributed by atoms with van der Waals surface area (Å²) < 4.78 is 17.7. The highest BCUT2D eigenvalue weighted by Crippen LogP contribution is 2.59. The normalized spacial score (nSPS) is 21.7. The summed E-state index contributed by atoms with van der Waals surface area (Å²) in [7, 11) is 1.34. The highest BCUT2D eigenvalue weighted by Gasteiger charge is 2.48. The van der Waals surface area contributed by atoms with Gasteiger partial charge in [-0.1, -0.05) is 36.8 Å². The molecule has 0 amide bonds. The average Bonchev–Trinajstić information content (AvgIpc) is 2.81. The van der Waals surface area contributed by atoms with Crippen molar-refractivity contribution in [2.45, 2.75) is 44.3 Å². The average molecular weight is 427 g/mol. The number of hydrogen-bond donors (Lipinski definition) is 1. The Labute approximate surface area is 182 Å². The Kier molecular flexibility index (Phi) is 6.98. The quantitative estimate of drug-likeness (QED) is 0.710. The number of benzene rings is 2. The van der Waals surface area contributed by atoms with E-state index < -0.39 is 7.29 Å². The number of piperidine rings is 2. The van der Waals surface area contributed by atoms with E-state index in [0.29, 0.717) is 0 Å². The Morgan fingerprint density at radius 1 is 0.833 bits per heavy atom. The van der Waals surface area contributed by atoms with Crippen LogP contribution in [-0.4, -0.2) is 44.9 Å². The van der Waals surface area contributed by atoms with Gasteiger partial charge in [-0.2, -0.15) is 0 Å². The second-order valence-corrected chi connectivity index (χ2v) is 11.9. The lowest BCUT2D eigenvalue weighted by Crippen LogP contribution is -3.13. The zero-order chi connectivity index (χ0) is 21.0. The van der Waals surface area contributed by atoms with Crippen LogP contribution in [0, 0.1) is 0 Å². The van der Waals surface area contributed by atoms with Crippen LogP contribution in [0.25, 0.3) is 0 Å². The molecule has 4 rings (SSSR count). The highest BCUT2D eigenvalue weighted by molar-refractivity contribution is 7.69. The Morgan fingerprint density at radius 2 is 1.43 bits per heavy atom. The monoisotopic (exact) mass is 426 g/mol. The maximum absolute atomic E-state index is 15.3. The summed E-state index contributed by atoms with van der Waals surface area (Å²) in [6.07, 6.45) is 7.32. The lowest BCUT2D eigenvalue weighted by atomic mass is 10.1. The summed E-state index contributed by atoms with van der Waals surface area (Å²) in [5.41, 5.74) is 2.42. The van der Waals surface area contributed by atoms with Gasteiger partial charge in [0.1, 0.15) is 0 Å². The zero-order valence-electron chi connectivity index (χ0n) is 18.6. The van der Waals surface area contributed by atoms with E-state index in [9.17, 15) is 0 Å². The van der Waals surface area contributed by atoms with Gasteiger partial charge in [-0.25, -0.2) is 4.67 Å². The smallest absolute Gasteiger partial charge is 0.238 e. The van der Waals surface area contributed by atoms with Crippen molar-refractivity contribution in [2.24, 2.45) is 0 Å². The van der Waals surface area contributed by atoms with Crippen molar-refractivity contribution in [3.63, 3.8) is 0 Å². The van der Waals surface area contributed by atoms with Crippen molar-refractivity contribution >= 4 is 18.3 Å². The van der Waals surface area contributed by atoms with E-state index in [2.05, 4.69) is 72.2 Å². The van der Waals surface area contributed by atoms with Gasteiger partial charge >= 0.3 is 0 Å². The molecule has 162 valence electrons. The van der Waals surface area contributed by atoms with E-state index in [1.807, 2.05) is 6.07 Å². The van der Waals surface area contributed by atoms with Crippen molar-refractivity contribution in [1.29, 1.82) is 0 Å². The van der Waals surface area contributed by atoms with E-state index in [0.717, 1.165) is 44.3 Å². The van der Waals surface area contributed by atoms with E-state index in [1.165, 1.54) is 41.8 Å². The van der Waals surface area contributed by atoms with Crippen LogP contribution in [0.4, 0.5) is 5.69 Å². The molecule has 0 bridgehead atoms. The summed E-state index contributed by atoms with van der Waals surface area (Å²) in [6.45, 7) is 4.13. The number of quaternary nitrogens is 1. The molecule has 1 N–H and O–H groups in total. The molecule has 2 aliphatic rings. The Balaban J connectivity index is 1.83. The second kappa shape index (κ2) is 9.68. The molecule has 2 aromatic rings. The molecule has 2 atom stereocenters. The lowest BCUT2D eigenvalue weighted by molar-refractivity contribution is -0.922. The molecule has 0 aliphatic carbocycles. The van der Waals surface area contributed by atoms with E-state index in [4.69, 9.17) is 0 Å². The SMILES string of the molecule is CN(C)c1ccc([C@H]([NH+]2CCCCC2)[P@@](=O)(c2ccccc2)N2CCCCC2)cc1. The van der Waals surface area contributed by atoms with Gasteiger partial charge in [-0.3, -0.25) is 4.57 Å². The first-order valence-corrected chi connectivity index (χ1v) is 13.4. The Hall–Kier alpha value is -1.61. The minimum absolute atomic E-state index is 0.00881. The summed E-state index contributed by atoms with van der Waals surface area (Å²) in [6, 6.07) is 19.2. The standard InChI is InChI=1S/C25H36N3OP/c1-26(2)23-16-14-22(15-17-23)25(27-18-8-4-9-19-27)30(29,24-12-6-3-7-13-24)28-20-10-5-11-21-28/h3,6-7,12-17,25H,4-5,8-11,18-21H2,1-2H3/p+1/t25-,30+/m1/s1. The number of anilines is 1. The fraction of sp³-hybridized carbons (Fsp3) is 0.520. The van der Waals surface area contributed by atoms with Gasteiger partial charge in [0, 0.05) is 43.7 Å². The second-order valence-electron chi connectivity index (χ2n) is 9.08. The first-order valence-electron chi connectivity index (χ1n) is 11.6. The topological polar surface area (TPSA) is 28.0 Å². The molecular weight excluding hydrogens is 389 g/mol. The molecule has 2 aromatic carbocycles. The number of rotatable bonds is 6. The number of nitrogens with zero attached hydrogens (tertiary/aromatic N) is 2.